The largest absolute Gasteiger partial charge is 0.377 e. The third-order valence-corrected chi connectivity index (χ3v) is 2.47. The van der Waals surface area contributed by atoms with E-state index in [1.54, 1.807) is 6.92 Å². The zero-order valence-corrected chi connectivity index (χ0v) is 11.6. The highest BCUT2D eigenvalue weighted by atomic mass is 16.5. The molecule has 0 aromatic rings. The fraction of sp³-hybridized carbons (Fsp3) is 0.615. The highest BCUT2D eigenvalue weighted by molar-refractivity contribution is 6.03. The number of ether oxygens (including phenoxy) is 1. The summed E-state index contributed by atoms with van der Waals surface area (Å²) < 4.78 is 4.69. The second kappa shape index (κ2) is 7.76. The number of Topliss-reactive ketones (excluding diaryl/α,β-unsaturated/α-hetero) is 2. The van der Waals surface area contributed by atoms with Crippen LogP contribution < -0.4 is 5.32 Å². The Morgan fingerprint density at radius 1 is 1.22 bits per heavy atom. The summed E-state index contributed by atoms with van der Waals surface area (Å²) >= 11 is 0. The highest BCUT2D eigenvalue weighted by Crippen LogP contribution is 2.03. The highest BCUT2D eigenvalue weighted by Gasteiger charge is 2.20. The Labute approximate surface area is 108 Å². The van der Waals surface area contributed by atoms with Gasteiger partial charge in [-0.1, -0.05) is 13.8 Å². The molecule has 0 saturated heterocycles. The van der Waals surface area contributed by atoms with Crippen LogP contribution in [0.25, 0.3) is 0 Å². The molecule has 5 nitrogen and oxygen atoms in total. The molecule has 0 aliphatic heterocycles. The molecular formula is C13H21NO4. The van der Waals surface area contributed by atoms with E-state index in [9.17, 15) is 14.4 Å². The Kier molecular flexibility index (Phi) is 7.12. The summed E-state index contributed by atoms with van der Waals surface area (Å²) in [5.74, 6) is -0.787. The molecule has 0 aromatic carbocycles. The topological polar surface area (TPSA) is 72.5 Å². The van der Waals surface area contributed by atoms with Crippen LogP contribution in [0.5, 0.6) is 0 Å². The van der Waals surface area contributed by atoms with E-state index in [0.717, 1.165) is 0 Å². The minimum absolute atomic E-state index is 0.00910. The van der Waals surface area contributed by atoms with Gasteiger partial charge in [-0.3, -0.25) is 14.4 Å². The molecule has 0 aliphatic carbocycles. The molecule has 1 atom stereocenters. The van der Waals surface area contributed by atoms with Gasteiger partial charge in [0.25, 0.3) is 0 Å². The molecule has 1 unspecified atom stereocenters. The van der Waals surface area contributed by atoms with Gasteiger partial charge in [-0.25, -0.2) is 0 Å². The monoisotopic (exact) mass is 255 g/mol. The van der Waals surface area contributed by atoms with Gasteiger partial charge in [-0.05, 0) is 25.3 Å². The van der Waals surface area contributed by atoms with Gasteiger partial charge in [0.2, 0.25) is 5.91 Å². The summed E-state index contributed by atoms with van der Waals surface area (Å²) in [5.41, 5.74) is 0.306. The summed E-state index contributed by atoms with van der Waals surface area (Å²) in [6.07, 6.45) is 1.19. The second-order valence-corrected chi connectivity index (χ2v) is 4.52. The van der Waals surface area contributed by atoms with Crippen molar-refractivity contribution in [2.45, 2.75) is 33.7 Å². The Morgan fingerprint density at radius 2 is 1.78 bits per heavy atom. The van der Waals surface area contributed by atoms with Crippen LogP contribution in [0.3, 0.4) is 0 Å². The van der Waals surface area contributed by atoms with E-state index in [4.69, 9.17) is 0 Å². The third kappa shape index (κ3) is 5.72. The maximum Gasteiger partial charge on any atom is 0.244 e. The Hall–Kier alpha value is -1.49. The van der Waals surface area contributed by atoms with Crippen molar-refractivity contribution in [1.82, 2.24) is 5.32 Å². The van der Waals surface area contributed by atoms with Crippen LogP contribution in [0.4, 0.5) is 0 Å². The summed E-state index contributed by atoms with van der Waals surface area (Å²) in [6.45, 7) is 6.60. The van der Waals surface area contributed by atoms with Gasteiger partial charge in [-0.2, -0.15) is 0 Å². The fourth-order valence-electron chi connectivity index (χ4n) is 1.45. The third-order valence-electron chi connectivity index (χ3n) is 2.47. The molecule has 0 spiro atoms. The summed E-state index contributed by atoms with van der Waals surface area (Å²) in [7, 11) is 1.41. The predicted molar refractivity (Wildman–Crippen MR) is 68.1 cm³/mol. The molecular weight excluding hydrogens is 234 g/mol. The number of carbonyl (C=O) groups excluding carboxylic acids is 3. The number of hydrogen-bond donors (Lipinski definition) is 1. The number of amides is 1. The molecule has 0 fully saturated rings. The van der Waals surface area contributed by atoms with Gasteiger partial charge >= 0.3 is 0 Å². The molecule has 0 aliphatic rings. The van der Waals surface area contributed by atoms with Gasteiger partial charge in [0.05, 0.1) is 6.04 Å². The van der Waals surface area contributed by atoms with E-state index in [1.165, 1.54) is 20.1 Å². The van der Waals surface area contributed by atoms with Gasteiger partial charge in [0.15, 0.2) is 11.6 Å². The van der Waals surface area contributed by atoms with Crippen molar-refractivity contribution in [1.29, 1.82) is 0 Å². The first-order valence-electron chi connectivity index (χ1n) is 5.81. The van der Waals surface area contributed by atoms with E-state index in [2.05, 4.69) is 10.1 Å². The molecule has 0 bridgehead atoms. The lowest BCUT2D eigenvalue weighted by molar-refractivity contribution is -0.125. The van der Waals surface area contributed by atoms with Crippen molar-refractivity contribution in [3.05, 3.63) is 11.6 Å². The quantitative estimate of drug-likeness (QED) is 0.685. The zero-order valence-electron chi connectivity index (χ0n) is 11.6. The molecule has 0 aromatic heterocycles. The van der Waals surface area contributed by atoms with Crippen LogP contribution in [-0.4, -0.2) is 37.2 Å². The summed E-state index contributed by atoms with van der Waals surface area (Å²) in [6, 6.07) is -0.529. The van der Waals surface area contributed by atoms with Crippen LogP contribution in [0.1, 0.15) is 27.7 Å². The average Bonchev–Trinajstić information content (AvgIpc) is 2.25. The Bertz CT molecular complexity index is 358. The number of methoxy groups -OCH3 is 1. The molecule has 1 N–H and O–H groups in total. The Balaban J connectivity index is 4.62. The first-order chi connectivity index (χ1) is 8.29. The zero-order chi connectivity index (χ0) is 14.3. The SMILES string of the molecule is COCC(=O)C(C)=CC(=O)NC(C(C)=O)C(C)C. The van der Waals surface area contributed by atoms with Crippen molar-refractivity contribution in [2.75, 3.05) is 13.7 Å². The summed E-state index contributed by atoms with van der Waals surface area (Å²) in [4.78, 5) is 34.4. The minimum atomic E-state index is -0.529. The van der Waals surface area contributed by atoms with E-state index in [1.807, 2.05) is 13.8 Å². The van der Waals surface area contributed by atoms with Crippen LogP contribution in [0, 0.1) is 5.92 Å². The normalized spacial score (nSPS) is 13.3. The first-order valence-corrected chi connectivity index (χ1v) is 5.81. The van der Waals surface area contributed by atoms with Gasteiger partial charge in [0.1, 0.15) is 6.61 Å². The van der Waals surface area contributed by atoms with Crippen LogP contribution in [0.2, 0.25) is 0 Å². The lowest BCUT2D eigenvalue weighted by atomic mass is 10.0. The van der Waals surface area contributed by atoms with Crippen LogP contribution >= 0.6 is 0 Å². The number of ketones is 2. The number of carbonyl (C=O) groups is 3. The van der Waals surface area contributed by atoms with E-state index in [-0.39, 0.29) is 24.1 Å². The molecule has 0 heterocycles. The molecule has 5 heteroatoms. The molecule has 0 rings (SSSR count). The van der Waals surface area contributed by atoms with Crippen molar-refractivity contribution in [2.24, 2.45) is 5.92 Å². The smallest absolute Gasteiger partial charge is 0.244 e. The Morgan fingerprint density at radius 3 is 2.17 bits per heavy atom. The lowest BCUT2D eigenvalue weighted by Crippen LogP contribution is -2.42. The molecule has 0 radical (unpaired) electrons. The predicted octanol–water partition coefficient (Wildman–Crippen LogP) is 0.878. The average molecular weight is 255 g/mol. The van der Waals surface area contributed by atoms with Gasteiger partial charge in [-0.15, -0.1) is 0 Å². The standard InChI is InChI=1S/C13H21NO4/c1-8(2)13(10(4)15)14-12(17)6-9(3)11(16)7-18-5/h6,8,13H,7H2,1-5H3,(H,14,17). The number of hydrogen-bond acceptors (Lipinski definition) is 4. The minimum Gasteiger partial charge on any atom is -0.377 e. The van der Waals surface area contributed by atoms with Crippen molar-refractivity contribution < 1.29 is 19.1 Å². The maximum absolute atomic E-state index is 11.6. The molecule has 1 amide bonds. The van der Waals surface area contributed by atoms with Crippen molar-refractivity contribution >= 4 is 17.5 Å². The van der Waals surface area contributed by atoms with Crippen molar-refractivity contribution in [3.63, 3.8) is 0 Å². The molecule has 0 saturated carbocycles. The number of rotatable bonds is 7. The van der Waals surface area contributed by atoms with Crippen LogP contribution in [0.15, 0.2) is 11.6 Å². The molecule has 18 heavy (non-hydrogen) atoms. The van der Waals surface area contributed by atoms with E-state index < -0.39 is 11.9 Å². The lowest BCUT2D eigenvalue weighted by Gasteiger charge is -2.18. The van der Waals surface area contributed by atoms with E-state index in [0.29, 0.717) is 5.57 Å². The van der Waals surface area contributed by atoms with Gasteiger partial charge in [0, 0.05) is 13.2 Å². The van der Waals surface area contributed by atoms with Gasteiger partial charge < -0.3 is 10.1 Å². The maximum atomic E-state index is 11.6. The van der Waals surface area contributed by atoms with E-state index >= 15 is 0 Å². The number of nitrogens with one attached hydrogen (secondary N) is 1. The first kappa shape index (κ1) is 16.5. The fourth-order valence-corrected chi connectivity index (χ4v) is 1.45. The van der Waals surface area contributed by atoms with Crippen molar-refractivity contribution in [3.8, 4) is 0 Å². The van der Waals surface area contributed by atoms with Crippen LogP contribution in [-0.2, 0) is 19.1 Å². The summed E-state index contributed by atoms with van der Waals surface area (Å²) in [5, 5.41) is 2.59. The molecule has 102 valence electrons. The second-order valence-electron chi connectivity index (χ2n) is 4.52.